The van der Waals surface area contributed by atoms with E-state index in [0.717, 1.165) is 0 Å². The Bertz CT molecular complexity index is 410. The van der Waals surface area contributed by atoms with Crippen molar-refractivity contribution in [1.82, 2.24) is 0 Å². The quantitative estimate of drug-likeness (QED) is 0.747. The number of amides is 1. The number of benzene rings is 1. The maximum Gasteiger partial charge on any atom is 0.236 e. The zero-order chi connectivity index (χ0) is 11.3. The van der Waals surface area contributed by atoms with Gasteiger partial charge in [-0.3, -0.25) is 4.79 Å². The fourth-order valence-electron chi connectivity index (χ4n) is 1.15. The molecule has 78 valence electrons. The molecule has 0 aliphatic carbocycles. The topological polar surface area (TPSA) is 88.1 Å². The predicted octanol–water partition coefficient (Wildman–Crippen LogP) is 0.464. The van der Waals surface area contributed by atoms with E-state index >= 15 is 0 Å². The largest absolute Gasteiger partial charge is 0.495 e. The number of primary amides is 1. The van der Waals surface area contributed by atoms with Gasteiger partial charge in [0.1, 0.15) is 11.8 Å². The maximum absolute atomic E-state index is 10.6. The second-order valence-electron chi connectivity index (χ2n) is 2.81. The van der Waals surface area contributed by atoms with Crippen LogP contribution in [0.5, 0.6) is 5.75 Å². The molecule has 0 unspecified atom stereocenters. The van der Waals surface area contributed by atoms with Gasteiger partial charge in [-0.1, -0.05) is 6.07 Å². The molecule has 0 radical (unpaired) electrons. The lowest BCUT2D eigenvalue weighted by Crippen LogP contribution is -2.22. The number of para-hydroxylation sites is 1. The molecule has 0 heterocycles. The number of hydrogen-bond acceptors (Lipinski definition) is 4. The van der Waals surface area contributed by atoms with Crippen LogP contribution in [0.2, 0.25) is 0 Å². The van der Waals surface area contributed by atoms with Gasteiger partial charge in [0.2, 0.25) is 5.91 Å². The molecular formula is C10H11N3O2. The summed E-state index contributed by atoms with van der Waals surface area (Å²) in [4.78, 5) is 10.6. The first-order chi connectivity index (χ1) is 7.19. The van der Waals surface area contributed by atoms with Gasteiger partial charge < -0.3 is 15.8 Å². The van der Waals surface area contributed by atoms with Crippen LogP contribution in [0.25, 0.3) is 0 Å². The van der Waals surface area contributed by atoms with E-state index in [1.54, 1.807) is 18.2 Å². The molecule has 0 saturated heterocycles. The van der Waals surface area contributed by atoms with Crippen LogP contribution < -0.4 is 15.8 Å². The van der Waals surface area contributed by atoms with Gasteiger partial charge in [0.25, 0.3) is 0 Å². The van der Waals surface area contributed by atoms with Crippen LogP contribution in [0.15, 0.2) is 18.2 Å². The Hall–Kier alpha value is -2.22. The molecule has 1 amide bonds. The number of nitrogens with two attached hydrogens (primary N) is 1. The van der Waals surface area contributed by atoms with Gasteiger partial charge in [0.15, 0.2) is 0 Å². The number of methoxy groups -OCH3 is 1. The zero-order valence-electron chi connectivity index (χ0n) is 8.28. The minimum Gasteiger partial charge on any atom is -0.495 e. The number of carbonyl (C=O) groups is 1. The van der Waals surface area contributed by atoms with E-state index in [2.05, 4.69) is 5.32 Å². The first kappa shape index (κ1) is 10.9. The second kappa shape index (κ2) is 4.86. The number of nitrogens with one attached hydrogen (secondary N) is 1. The molecule has 0 aliphatic heterocycles. The van der Waals surface area contributed by atoms with E-state index in [0.29, 0.717) is 17.0 Å². The molecule has 3 N–H and O–H groups in total. The molecule has 0 aliphatic rings. The second-order valence-corrected chi connectivity index (χ2v) is 2.81. The molecule has 1 aromatic rings. The van der Waals surface area contributed by atoms with Crippen molar-refractivity contribution in [2.75, 3.05) is 19.0 Å². The van der Waals surface area contributed by atoms with E-state index in [1.165, 1.54) is 7.11 Å². The van der Waals surface area contributed by atoms with Crippen LogP contribution in [0.1, 0.15) is 5.56 Å². The molecule has 5 heteroatoms. The maximum atomic E-state index is 10.6. The highest BCUT2D eigenvalue weighted by atomic mass is 16.5. The summed E-state index contributed by atoms with van der Waals surface area (Å²) in [6.45, 7) is -0.0327. The Labute approximate surface area is 87.4 Å². The molecule has 1 rings (SSSR count). The summed E-state index contributed by atoms with van der Waals surface area (Å²) in [6, 6.07) is 7.03. The molecule has 0 atom stereocenters. The molecule has 0 aromatic heterocycles. The van der Waals surface area contributed by atoms with Gasteiger partial charge in [-0.15, -0.1) is 0 Å². The van der Waals surface area contributed by atoms with Crippen LogP contribution in [0.4, 0.5) is 5.69 Å². The van der Waals surface area contributed by atoms with Crippen molar-refractivity contribution in [3.8, 4) is 11.8 Å². The van der Waals surface area contributed by atoms with Gasteiger partial charge in [0, 0.05) is 0 Å². The third kappa shape index (κ3) is 2.61. The summed E-state index contributed by atoms with van der Waals surface area (Å²) < 4.78 is 5.05. The van der Waals surface area contributed by atoms with Gasteiger partial charge in [-0.25, -0.2) is 0 Å². The Kier molecular flexibility index (Phi) is 3.52. The van der Waals surface area contributed by atoms with E-state index in [4.69, 9.17) is 15.7 Å². The number of ether oxygens (including phenoxy) is 1. The summed E-state index contributed by atoms with van der Waals surface area (Å²) in [5.74, 6) is 0.0140. The van der Waals surface area contributed by atoms with E-state index < -0.39 is 5.91 Å². The molecular weight excluding hydrogens is 194 g/mol. The number of nitriles is 1. The molecule has 15 heavy (non-hydrogen) atoms. The number of hydrogen-bond donors (Lipinski definition) is 2. The fraction of sp³-hybridized carbons (Fsp3) is 0.200. The van der Waals surface area contributed by atoms with Crippen molar-refractivity contribution < 1.29 is 9.53 Å². The summed E-state index contributed by atoms with van der Waals surface area (Å²) in [5, 5.41) is 11.6. The summed E-state index contributed by atoms with van der Waals surface area (Å²) in [6.07, 6.45) is 0. The summed E-state index contributed by atoms with van der Waals surface area (Å²) >= 11 is 0. The normalized spacial score (nSPS) is 9.07. The van der Waals surface area contributed by atoms with Crippen molar-refractivity contribution in [3.05, 3.63) is 23.8 Å². The van der Waals surface area contributed by atoms with Crippen molar-refractivity contribution in [2.45, 2.75) is 0 Å². The summed E-state index contributed by atoms with van der Waals surface area (Å²) in [7, 11) is 1.49. The third-order valence-electron chi connectivity index (χ3n) is 1.81. The van der Waals surface area contributed by atoms with Crippen LogP contribution in [0.3, 0.4) is 0 Å². The number of anilines is 1. The molecule has 0 saturated carbocycles. The zero-order valence-corrected chi connectivity index (χ0v) is 8.28. The van der Waals surface area contributed by atoms with Crippen molar-refractivity contribution >= 4 is 11.6 Å². The van der Waals surface area contributed by atoms with Gasteiger partial charge >= 0.3 is 0 Å². The van der Waals surface area contributed by atoms with Crippen LogP contribution in [-0.2, 0) is 4.79 Å². The molecule has 0 spiro atoms. The van der Waals surface area contributed by atoms with Crippen molar-refractivity contribution in [2.24, 2.45) is 5.73 Å². The Morgan fingerprint density at radius 2 is 2.40 bits per heavy atom. The van der Waals surface area contributed by atoms with Crippen LogP contribution >= 0.6 is 0 Å². The number of rotatable bonds is 4. The van der Waals surface area contributed by atoms with Crippen molar-refractivity contribution in [1.29, 1.82) is 5.26 Å². The highest BCUT2D eigenvalue weighted by Crippen LogP contribution is 2.27. The molecule has 0 bridgehead atoms. The summed E-state index contributed by atoms with van der Waals surface area (Å²) in [5.41, 5.74) is 5.90. The lowest BCUT2D eigenvalue weighted by Gasteiger charge is -2.10. The van der Waals surface area contributed by atoms with Gasteiger partial charge in [-0.2, -0.15) is 5.26 Å². The van der Waals surface area contributed by atoms with Crippen LogP contribution in [-0.4, -0.2) is 19.6 Å². The highest BCUT2D eigenvalue weighted by Gasteiger charge is 2.08. The number of carbonyl (C=O) groups excluding carboxylic acids is 1. The van der Waals surface area contributed by atoms with E-state index in [-0.39, 0.29) is 6.54 Å². The lowest BCUT2D eigenvalue weighted by atomic mass is 10.2. The minimum atomic E-state index is -0.496. The average molecular weight is 205 g/mol. The smallest absolute Gasteiger partial charge is 0.236 e. The monoisotopic (exact) mass is 205 g/mol. The molecule has 5 nitrogen and oxygen atoms in total. The van der Waals surface area contributed by atoms with Crippen molar-refractivity contribution in [3.63, 3.8) is 0 Å². The molecule has 1 aromatic carbocycles. The Balaban J connectivity index is 3.01. The fourth-order valence-corrected chi connectivity index (χ4v) is 1.15. The van der Waals surface area contributed by atoms with E-state index in [9.17, 15) is 4.79 Å². The highest BCUT2D eigenvalue weighted by molar-refractivity contribution is 5.80. The predicted molar refractivity (Wildman–Crippen MR) is 55.4 cm³/mol. The standard InChI is InChI=1S/C10H11N3O2/c1-15-8-4-2-3-7(5-11)10(8)13-6-9(12)14/h2-4,13H,6H2,1H3,(H2,12,14). The Morgan fingerprint density at radius 1 is 1.67 bits per heavy atom. The number of nitrogens with zero attached hydrogens (tertiary/aromatic N) is 1. The Morgan fingerprint density at radius 3 is 2.93 bits per heavy atom. The first-order valence-electron chi connectivity index (χ1n) is 4.28. The SMILES string of the molecule is COc1cccc(C#N)c1NCC(N)=O. The van der Waals surface area contributed by atoms with Gasteiger partial charge in [0.05, 0.1) is 24.9 Å². The third-order valence-corrected chi connectivity index (χ3v) is 1.81. The lowest BCUT2D eigenvalue weighted by molar-refractivity contribution is -0.116. The van der Waals surface area contributed by atoms with E-state index in [1.807, 2.05) is 6.07 Å². The minimum absolute atomic E-state index is 0.0327. The first-order valence-corrected chi connectivity index (χ1v) is 4.28. The average Bonchev–Trinajstić information content (AvgIpc) is 2.25. The van der Waals surface area contributed by atoms with Gasteiger partial charge in [-0.05, 0) is 12.1 Å². The molecule has 0 fully saturated rings. The van der Waals surface area contributed by atoms with Crippen LogP contribution in [0, 0.1) is 11.3 Å².